The van der Waals surface area contributed by atoms with Crippen molar-refractivity contribution in [3.05, 3.63) is 143 Å². The quantitative estimate of drug-likeness (QED) is 0.187. The van der Waals surface area contributed by atoms with Gasteiger partial charge in [0.25, 0.3) is 0 Å². The molecule has 0 spiro atoms. The second kappa shape index (κ2) is 8.40. The maximum Gasteiger partial charge on any atom is 0.194 e. The highest BCUT2D eigenvalue weighted by molar-refractivity contribution is 6.71. The number of para-hydroxylation sites is 3. The van der Waals surface area contributed by atoms with Crippen molar-refractivity contribution >= 4 is 62.0 Å². The van der Waals surface area contributed by atoms with E-state index in [-0.39, 0.29) is 11.3 Å². The van der Waals surface area contributed by atoms with E-state index in [0.29, 0.717) is 0 Å². The number of fused-ring (bicyclic) bond motifs is 16. The number of benzene rings is 6. The summed E-state index contributed by atoms with van der Waals surface area (Å²) in [6, 6.07) is 41.9. The molecule has 2 aliphatic carbocycles. The van der Waals surface area contributed by atoms with Crippen LogP contribution in [0.1, 0.15) is 47.8 Å². The summed E-state index contributed by atoms with van der Waals surface area (Å²) in [5.41, 5.74) is 19.6. The molecular formula is C44H28BNO2. The van der Waals surface area contributed by atoms with Crippen molar-refractivity contribution in [1.29, 1.82) is 0 Å². The Morgan fingerprint density at radius 1 is 0.625 bits per heavy atom. The predicted octanol–water partition coefficient (Wildman–Crippen LogP) is 9.65. The fourth-order valence-electron chi connectivity index (χ4n) is 9.80. The molecule has 6 aromatic carbocycles. The van der Waals surface area contributed by atoms with Gasteiger partial charge in [0.15, 0.2) is 7.28 Å². The van der Waals surface area contributed by atoms with Gasteiger partial charge in [-0.3, -0.25) is 0 Å². The normalized spacial score (nSPS) is 16.2. The van der Waals surface area contributed by atoms with Gasteiger partial charge in [-0.1, -0.05) is 122 Å². The summed E-state index contributed by atoms with van der Waals surface area (Å²) < 4.78 is 13.7. The fourth-order valence-corrected chi connectivity index (χ4v) is 9.80. The first-order valence-electron chi connectivity index (χ1n) is 16.9. The summed E-state index contributed by atoms with van der Waals surface area (Å²) in [6.45, 7) is 4.73. The molecular weight excluding hydrogens is 585 g/mol. The lowest BCUT2D eigenvalue weighted by Gasteiger charge is -2.27. The smallest absolute Gasteiger partial charge is 0.194 e. The van der Waals surface area contributed by atoms with E-state index >= 15 is 0 Å². The Kier molecular flexibility index (Phi) is 4.44. The minimum absolute atomic E-state index is 0.0379. The molecule has 0 saturated heterocycles. The Labute approximate surface area is 277 Å². The monoisotopic (exact) mass is 613 g/mol. The van der Waals surface area contributed by atoms with E-state index in [1.807, 2.05) is 0 Å². The molecule has 0 bridgehead atoms. The van der Waals surface area contributed by atoms with Crippen molar-refractivity contribution in [2.24, 2.45) is 0 Å². The van der Waals surface area contributed by atoms with Gasteiger partial charge in [0.1, 0.15) is 22.5 Å². The molecule has 48 heavy (non-hydrogen) atoms. The summed E-state index contributed by atoms with van der Waals surface area (Å²) in [5.74, 6) is 0.998. The van der Waals surface area contributed by atoms with Crippen LogP contribution in [-0.2, 0) is 5.41 Å². The van der Waals surface area contributed by atoms with Crippen LogP contribution in [0.15, 0.2) is 124 Å². The first kappa shape index (κ1) is 25.4. The Balaban J connectivity index is 1.22. The van der Waals surface area contributed by atoms with Gasteiger partial charge in [0.05, 0.1) is 17.1 Å². The second-order valence-corrected chi connectivity index (χ2v) is 14.4. The maximum atomic E-state index is 6.86. The van der Waals surface area contributed by atoms with Crippen LogP contribution in [0.5, 0.6) is 0 Å². The third kappa shape index (κ3) is 2.86. The van der Waals surface area contributed by atoms with Gasteiger partial charge in [-0.2, -0.15) is 0 Å². The molecule has 0 radical (unpaired) electrons. The molecule has 224 valence electrons. The average molecular weight is 614 g/mol. The lowest BCUT2D eigenvalue weighted by molar-refractivity contribution is 0.547. The number of nitrogens with one attached hydrogen (secondary N) is 1. The number of aromatic amines is 1. The minimum Gasteiger partial charge on any atom is -0.459 e. The predicted molar refractivity (Wildman–Crippen MR) is 198 cm³/mol. The molecule has 0 amide bonds. The molecule has 1 N–H and O–H groups in total. The van der Waals surface area contributed by atoms with Crippen LogP contribution in [-0.4, -0.2) is 12.3 Å². The molecule has 12 rings (SSSR count). The highest BCUT2D eigenvalue weighted by atomic mass is 16.3. The van der Waals surface area contributed by atoms with Gasteiger partial charge in [-0.05, 0) is 46.0 Å². The van der Waals surface area contributed by atoms with Crippen LogP contribution >= 0.6 is 0 Å². The van der Waals surface area contributed by atoms with Gasteiger partial charge in [-0.15, -0.1) is 0 Å². The average Bonchev–Trinajstić information content (AvgIpc) is 3.90. The van der Waals surface area contributed by atoms with Crippen LogP contribution in [0, 0.1) is 0 Å². The third-order valence-electron chi connectivity index (χ3n) is 11.7. The van der Waals surface area contributed by atoms with E-state index in [1.165, 1.54) is 83.0 Å². The van der Waals surface area contributed by atoms with Crippen LogP contribution in [0.3, 0.4) is 0 Å². The zero-order valence-electron chi connectivity index (χ0n) is 26.6. The van der Waals surface area contributed by atoms with Crippen molar-refractivity contribution in [1.82, 2.24) is 4.98 Å². The van der Waals surface area contributed by atoms with E-state index in [9.17, 15) is 0 Å². The third-order valence-corrected chi connectivity index (χ3v) is 11.7. The maximum absolute atomic E-state index is 6.86. The van der Waals surface area contributed by atoms with E-state index in [2.05, 4.69) is 134 Å². The summed E-state index contributed by atoms with van der Waals surface area (Å²) in [6.07, 6.45) is 0. The summed E-state index contributed by atoms with van der Waals surface area (Å²) >= 11 is 0. The van der Waals surface area contributed by atoms with Gasteiger partial charge in [-0.25, -0.2) is 0 Å². The number of aromatic nitrogens is 1. The number of H-pyrrole nitrogens is 1. The molecule has 1 atom stereocenters. The van der Waals surface area contributed by atoms with Crippen molar-refractivity contribution < 1.29 is 8.83 Å². The largest absolute Gasteiger partial charge is 0.459 e. The Hall–Kier alpha value is -5.74. The van der Waals surface area contributed by atoms with E-state index in [1.54, 1.807) is 0 Å². The van der Waals surface area contributed by atoms with E-state index in [0.717, 1.165) is 40.6 Å². The molecule has 1 aliphatic heterocycles. The molecule has 3 aromatic heterocycles. The first-order valence-corrected chi connectivity index (χ1v) is 16.9. The molecule has 0 saturated carbocycles. The topological polar surface area (TPSA) is 42.1 Å². The number of furan rings is 2. The van der Waals surface area contributed by atoms with Crippen LogP contribution in [0.4, 0.5) is 0 Å². The van der Waals surface area contributed by atoms with Crippen molar-refractivity contribution in [3.63, 3.8) is 0 Å². The highest BCUT2D eigenvalue weighted by Crippen LogP contribution is 2.55. The zero-order valence-corrected chi connectivity index (χ0v) is 26.6. The Morgan fingerprint density at radius 3 is 2.23 bits per heavy atom. The minimum atomic E-state index is -0.0934. The number of rotatable bonds is 1. The summed E-state index contributed by atoms with van der Waals surface area (Å²) in [4.78, 5) is 3.99. The van der Waals surface area contributed by atoms with Crippen LogP contribution in [0.2, 0.25) is 0 Å². The van der Waals surface area contributed by atoms with E-state index in [4.69, 9.17) is 8.83 Å². The highest BCUT2D eigenvalue weighted by Gasteiger charge is 2.44. The lowest BCUT2D eigenvalue weighted by Crippen LogP contribution is -2.40. The van der Waals surface area contributed by atoms with Crippen molar-refractivity contribution in [3.8, 4) is 33.5 Å². The molecule has 0 fully saturated rings. The lowest BCUT2D eigenvalue weighted by atomic mass is 9.52. The first-order chi connectivity index (χ1) is 23.6. The van der Waals surface area contributed by atoms with Gasteiger partial charge < -0.3 is 13.8 Å². The molecule has 1 unspecified atom stereocenters. The number of hydrogen-bond donors (Lipinski definition) is 1. The Morgan fingerprint density at radius 2 is 1.33 bits per heavy atom. The van der Waals surface area contributed by atoms with E-state index < -0.39 is 0 Å². The molecule has 4 heteroatoms. The summed E-state index contributed by atoms with van der Waals surface area (Å²) in [5, 5.41) is 4.79. The summed E-state index contributed by atoms with van der Waals surface area (Å²) in [7, 11) is 0.838. The second-order valence-electron chi connectivity index (χ2n) is 14.4. The standard InChI is InChI=1S/C44H28BNO2/c1-44(2)30-17-6-3-12-24(30)41-38(44)27-16-9-14-23(40(27)46-41)28-21-29-22-11-4-7-19-32(22)47-42(29)37-36-35-26(15-10-18-31(35)45-39(28)37)34-25-13-5-8-20-33(25)48-43(34)36/h3-21,36,45-46H,1-2H3. The van der Waals surface area contributed by atoms with Crippen LogP contribution in [0.25, 0.3) is 77.3 Å². The van der Waals surface area contributed by atoms with Gasteiger partial charge in [0.2, 0.25) is 0 Å². The SMILES string of the molecule is CC1(C)c2ccccc2-c2[nH]c3c(-c4cc5c(oc6ccccc65)c5c4Bc4cccc6c4C5c4oc5ccccc5c4-6)cccc3c21. The Bertz CT molecular complexity index is 2910. The molecule has 4 heterocycles. The fraction of sp³-hybridized carbons (Fsp3) is 0.0909. The number of hydrogen-bond acceptors (Lipinski definition) is 2. The molecule has 3 aliphatic rings. The van der Waals surface area contributed by atoms with Crippen LogP contribution < -0.4 is 10.9 Å². The van der Waals surface area contributed by atoms with Gasteiger partial charge in [0, 0.05) is 49.2 Å². The van der Waals surface area contributed by atoms with Gasteiger partial charge >= 0.3 is 0 Å². The van der Waals surface area contributed by atoms with Crippen molar-refractivity contribution in [2.45, 2.75) is 25.2 Å². The molecule has 3 nitrogen and oxygen atoms in total. The zero-order chi connectivity index (χ0) is 31.5. The molecule has 9 aromatic rings. The van der Waals surface area contributed by atoms with Crippen molar-refractivity contribution in [2.75, 3.05) is 0 Å².